The molecule has 0 aromatic heterocycles. The zero-order valence-electron chi connectivity index (χ0n) is 12.9. The van der Waals surface area contributed by atoms with E-state index >= 15 is 0 Å². The van der Waals surface area contributed by atoms with Crippen LogP contribution in [0.3, 0.4) is 0 Å². The smallest absolute Gasteiger partial charge is 0.225 e. The summed E-state index contributed by atoms with van der Waals surface area (Å²) in [5, 5.41) is 2.70. The Morgan fingerprint density at radius 1 is 1.43 bits per heavy atom. The molecule has 0 bridgehead atoms. The van der Waals surface area contributed by atoms with Gasteiger partial charge < -0.3 is 15.8 Å². The van der Waals surface area contributed by atoms with Crippen LogP contribution >= 0.6 is 0 Å². The number of carbonyl (C=O) groups excluding carboxylic acids is 1. The summed E-state index contributed by atoms with van der Waals surface area (Å²) in [5.74, 6) is -0.563. The number of rotatable bonds is 8. The summed E-state index contributed by atoms with van der Waals surface area (Å²) in [5.41, 5.74) is 6.32. The molecule has 0 atom stereocenters. The molecule has 0 saturated heterocycles. The first-order valence-electron chi connectivity index (χ1n) is 7.02. The zero-order valence-corrected chi connectivity index (χ0v) is 12.9. The number of anilines is 2. The van der Waals surface area contributed by atoms with Crippen molar-refractivity contribution in [1.29, 1.82) is 0 Å². The lowest BCUT2D eigenvalue weighted by atomic mass is 10.2. The second kappa shape index (κ2) is 8.59. The summed E-state index contributed by atoms with van der Waals surface area (Å²) in [6.07, 6.45) is 0.346. The van der Waals surface area contributed by atoms with Crippen molar-refractivity contribution < 1.29 is 13.9 Å². The van der Waals surface area contributed by atoms with Crippen molar-refractivity contribution in [1.82, 2.24) is 4.90 Å². The average molecular weight is 297 g/mol. The SMILES string of the molecule is COCCN(CCC(=O)Nc1ccc(F)cc1N)C(C)C. The summed E-state index contributed by atoms with van der Waals surface area (Å²) in [4.78, 5) is 14.1. The van der Waals surface area contributed by atoms with Gasteiger partial charge in [0, 0.05) is 32.7 Å². The Hall–Kier alpha value is -1.66. The van der Waals surface area contributed by atoms with Gasteiger partial charge in [-0.05, 0) is 32.0 Å². The van der Waals surface area contributed by atoms with Gasteiger partial charge in [-0.15, -0.1) is 0 Å². The van der Waals surface area contributed by atoms with Crippen LogP contribution in [0.1, 0.15) is 20.3 Å². The molecule has 0 fully saturated rings. The number of benzene rings is 1. The molecule has 1 aromatic carbocycles. The van der Waals surface area contributed by atoms with Crippen LogP contribution in [-0.4, -0.2) is 43.7 Å². The van der Waals surface area contributed by atoms with E-state index in [4.69, 9.17) is 10.5 Å². The van der Waals surface area contributed by atoms with E-state index in [2.05, 4.69) is 24.1 Å². The van der Waals surface area contributed by atoms with E-state index in [1.807, 2.05) is 0 Å². The highest BCUT2D eigenvalue weighted by molar-refractivity contribution is 5.93. The fourth-order valence-electron chi connectivity index (χ4n) is 1.94. The molecule has 118 valence electrons. The highest BCUT2D eigenvalue weighted by Crippen LogP contribution is 2.19. The minimum Gasteiger partial charge on any atom is -0.397 e. The van der Waals surface area contributed by atoms with Gasteiger partial charge in [0.25, 0.3) is 0 Å². The van der Waals surface area contributed by atoms with Crippen LogP contribution < -0.4 is 11.1 Å². The zero-order chi connectivity index (χ0) is 15.8. The van der Waals surface area contributed by atoms with Crippen LogP contribution in [0, 0.1) is 5.82 Å². The van der Waals surface area contributed by atoms with Crippen molar-refractivity contribution in [2.75, 3.05) is 37.9 Å². The molecule has 21 heavy (non-hydrogen) atoms. The normalized spacial score (nSPS) is 11.1. The van der Waals surface area contributed by atoms with Gasteiger partial charge in [-0.3, -0.25) is 9.69 Å². The average Bonchev–Trinajstić information content (AvgIpc) is 2.41. The third-order valence-corrected chi connectivity index (χ3v) is 3.23. The van der Waals surface area contributed by atoms with Crippen molar-refractivity contribution in [2.45, 2.75) is 26.3 Å². The number of hydrogen-bond donors (Lipinski definition) is 2. The minimum absolute atomic E-state index is 0.142. The van der Waals surface area contributed by atoms with E-state index in [1.165, 1.54) is 18.2 Å². The van der Waals surface area contributed by atoms with E-state index < -0.39 is 5.82 Å². The number of halogens is 1. The Kier molecular flexibility index (Phi) is 7.11. The number of nitrogen functional groups attached to an aromatic ring is 1. The highest BCUT2D eigenvalue weighted by Gasteiger charge is 2.12. The second-order valence-electron chi connectivity index (χ2n) is 5.15. The quantitative estimate of drug-likeness (QED) is 0.721. The lowest BCUT2D eigenvalue weighted by Gasteiger charge is -2.25. The molecule has 6 heteroatoms. The van der Waals surface area contributed by atoms with Crippen molar-refractivity contribution in [3.63, 3.8) is 0 Å². The van der Waals surface area contributed by atoms with Crippen molar-refractivity contribution in [3.05, 3.63) is 24.0 Å². The third kappa shape index (κ3) is 6.10. The van der Waals surface area contributed by atoms with Crippen LogP contribution in [0.15, 0.2) is 18.2 Å². The topological polar surface area (TPSA) is 67.6 Å². The Balaban J connectivity index is 2.49. The van der Waals surface area contributed by atoms with Gasteiger partial charge in [0.05, 0.1) is 18.0 Å². The number of methoxy groups -OCH3 is 1. The summed E-state index contributed by atoms with van der Waals surface area (Å²) < 4.78 is 18.0. The van der Waals surface area contributed by atoms with Gasteiger partial charge in [-0.1, -0.05) is 0 Å². The van der Waals surface area contributed by atoms with Gasteiger partial charge in [-0.25, -0.2) is 4.39 Å². The fourth-order valence-corrected chi connectivity index (χ4v) is 1.94. The number of nitrogens with zero attached hydrogens (tertiary/aromatic N) is 1. The van der Waals surface area contributed by atoms with E-state index in [0.29, 0.717) is 31.3 Å². The molecule has 0 heterocycles. The van der Waals surface area contributed by atoms with Crippen LogP contribution in [0.2, 0.25) is 0 Å². The predicted molar refractivity (Wildman–Crippen MR) is 82.6 cm³/mol. The van der Waals surface area contributed by atoms with Gasteiger partial charge >= 0.3 is 0 Å². The lowest BCUT2D eigenvalue weighted by molar-refractivity contribution is -0.116. The maximum absolute atomic E-state index is 12.9. The first-order chi connectivity index (χ1) is 9.93. The van der Waals surface area contributed by atoms with Gasteiger partial charge in [0.1, 0.15) is 5.82 Å². The molecular weight excluding hydrogens is 273 g/mol. The van der Waals surface area contributed by atoms with E-state index in [9.17, 15) is 9.18 Å². The minimum atomic E-state index is -0.420. The van der Waals surface area contributed by atoms with Crippen LogP contribution in [0.5, 0.6) is 0 Å². The number of ether oxygens (including phenoxy) is 1. The number of nitrogens with one attached hydrogen (secondary N) is 1. The van der Waals surface area contributed by atoms with Crippen molar-refractivity contribution >= 4 is 17.3 Å². The first kappa shape index (κ1) is 17.4. The Labute approximate surface area is 125 Å². The van der Waals surface area contributed by atoms with Crippen LogP contribution in [-0.2, 0) is 9.53 Å². The van der Waals surface area contributed by atoms with E-state index in [-0.39, 0.29) is 11.6 Å². The number of hydrogen-bond acceptors (Lipinski definition) is 4. The standard InChI is InChI=1S/C15H24FN3O2/c1-11(2)19(8-9-21-3)7-6-15(20)18-14-5-4-12(16)10-13(14)17/h4-5,10-11H,6-9,17H2,1-3H3,(H,18,20). The first-order valence-corrected chi connectivity index (χ1v) is 7.02. The summed E-state index contributed by atoms with van der Waals surface area (Å²) in [6.45, 7) is 6.19. The molecule has 0 aliphatic heterocycles. The molecule has 0 spiro atoms. The summed E-state index contributed by atoms with van der Waals surface area (Å²) >= 11 is 0. The molecule has 0 unspecified atom stereocenters. The maximum Gasteiger partial charge on any atom is 0.225 e. The van der Waals surface area contributed by atoms with Crippen molar-refractivity contribution in [3.8, 4) is 0 Å². The molecule has 3 N–H and O–H groups in total. The number of carbonyl (C=O) groups is 1. The molecule has 1 amide bonds. The Bertz CT molecular complexity index is 466. The number of amides is 1. The molecular formula is C15H24FN3O2. The lowest BCUT2D eigenvalue weighted by Crippen LogP contribution is -2.36. The monoisotopic (exact) mass is 297 g/mol. The van der Waals surface area contributed by atoms with Crippen LogP contribution in [0.4, 0.5) is 15.8 Å². The fraction of sp³-hybridized carbons (Fsp3) is 0.533. The molecule has 0 aliphatic rings. The second-order valence-corrected chi connectivity index (χ2v) is 5.15. The van der Waals surface area contributed by atoms with E-state index in [1.54, 1.807) is 7.11 Å². The summed E-state index contributed by atoms with van der Waals surface area (Å²) in [7, 11) is 1.66. The van der Waals surface area contributed by atoms with Crippen molar-refractivity contribution in [2.24, 2.45) is 0 Å². The summed E-state index contributed by atoms with van der Waals surface area (Å²) in [6, 6.07) is 4.26. The van der Waals surface area contributed by atoms with E-state index in [0.717, 1.165) is 6.54 Å². The molecule has 5 nitrogen and oxygen atoms in total. The van der Waals surface area contributed by atoms with Gasteiger partial charge in [0.15, 0.2) is 0 Å². The molecule has 0 aliphatic carbocycles. The molecule has 1 aromatic rings. The molecule has 0 saturated carbocycles. The van der Waals surface area contributed by atoms with Crippen LogP contribution in [0.25, 0.3) is 0 Å². The number of nitrogens with two attached hydrogens (primary N) is 1. The molecule has 0 radical (unpaired) electrons. The largest absolute Gasteiger partial charge is 0.397 e. The third-order valence-electron chi connectivity index (χ3n) is 3.23. The van der Waals surface area contributed by atoms with Gasteiger partial charge in [-0.2, -0.15) is 0 Å². The molecule has 1 rings (SSSR count). The Morgan fingerprint density at radius 2 is 2.14 bits per heavy atom. The predicted octanol–water partition coefficient (Wildman–Crippen LogP) is 2.09. The van der Waals surface area contributed by atoms with Gasteiger partial charge in [0.2, 0.25) is 5.91 Å². The highest BCUT2D eigenvalue weighted by atomic mass is 19.1. The maximum atomic E-state index is 12.9. The Morgan fingerprint density at radius 3 is 2.71 bits per heavy atom.